The van der Waals surface area contributed by atoms with E-state index in [1.165, 1.54) is 11.3 Å². The summed E-state index contributed by atoms with van der Waals surface area (Å²) in [6.45, 7) is 2.14. The fourth-order valence-electron chi connectivity index (χ4n) is 1.59. The molecule has 0 saturated heterocycles. The number of hydrazine groups is 1. The highest BCUT2D eigenvalue weighted by Crippen LogP contribution is 2.28. The number of para-hydroxylation sites is 1. The van der Waals surface area contributed by atoms with Gasteiger partial charge < -0.3 is 5.01 Å². The zero-order valence-corrected chi connectivity index (χ0v) is 7.84. The summed E-state index contributed by atoms with van der Waals surface area (Å²) < 4.78 is 0. The molecule has 1 aliphatic heterocycles. The van der Waals surface area contributed by atoms with Gasteiger partial charge in [-0.15, -0.1) is 12.4 Å². The molecule has 0 aromatic heterocycles. The predicted molar refractivity (Wildman–Crippen MR) is 53.5 cm³/mol. The Balaban J connectivity index is 0.000000720. The molecule has 12 heavy (non-hydrogen) atoms. The van der Waals surface area contributed by atoms with Crippen LogP contribution in [0.2, 0.25) is 0 Å². The van der Waals surface area contributed by atoms with E-state index in [0.29, 0.717) is 6.04 Å². The van der Waals surface area contributed by atoms with E-state index in [9.17, 15) is 0 Å². The Kier molecular flexibility index (Phi) is 2.60. The van der Waals surface area contributed by atoms with Crippen molar-refractivity contribution in [3.05, 3.63) is 29.8 Å². The SMILES string of the molecule is CC1Cc2ccccc2N1N.Cl. The first-order chi connectivity index (χ1) is 5.29. The van der Waals surface area contributed by atoms with Gasteiger partial charge in [0, 0.05) is 6.04 Å². The van der Waals surface area contributed by atoms with Crippen LogP contribution in [0.25, 0.3) is 0 Å². The molecular formula is C9H13ClN2. The quantitative estimate of drug-likeness (QED) is 0.623. The molecule has 1 aromatic rings. The fourth-order valence-corrected chi connectivity index (χ4v) is 1.59. The lowest BCUT2D eigenvalue weighted by molar-refractivity contribution is 0.697. The van der Waals surface area contributed by atoms with Gasteiger partial charge in [0.25, 0.3) is 0 Å². The van der Waals surface area contributed by atoms with Gasteiger partial charge in [-0.2, -0.15) is 0 Å². The number of hydrogen-bond acceptors (Lipinski definition) is 2. The fraction of sp³-hybridized carbons (Fsp3) is 0.333. The van der Waals surface area contributed by atoms with E-state index in [1.807, 2.05) is 11.1 Å². The number of fused-ring (bicyclic) bond motifs is 1. The van der Waals surface area contributed by atoms with Crippen LogP contribution in [0, 0.1) is 0 Å². The van der Waals surface area contributed by atoms with Crippen molar-refractivity contribution in [3.63, 3.8) is 0 Å². The smallest absolute Gasteiger partial charge is 0.0553 e. The van der Waals surface area contributed by atoms with Crippen molar-refractivity contribution in [1.29, 1.82) is 0 Å². The Morgan fingerprint density at radius 1 is 1.42 bits per heavy atom. The first-order valence-corrected chi connectivity index (χ1v) is 3.91. The lowest BCUT2D eigenvalue weighted by Gasteiger charge is -2.17. The molecule has 2 nitrogen and oxygen atoms in total. The van der Waals surface area contributed by atoms with Gasteiger partial charge in [0.15, 0.2) is 0 Å². The van der Waals surface area contributed by atoms with Crippen LogP contribution in [0.4, 0.5) is 5.69 Å². The molecule has 3 heteroatoms. The summed E-state index contributed by atoms with van der Waals surface area (Å²) in [4.78, 5) is 0. The van der Waals surface area contributed by atoms with E-state index in [2.05, 4.69) is 25.1 Å². The Bertz CT molecular complexity index is 275. The van der Waals surface area contributed by atoms with Crippen LogP contribution in [0.15, 0.2) is 24.3 Å². The maximum atomic E-state index is 5.82. The molecule has 0 saturated carbocycles. The van der Waals surface area contributed by atoms with E-state index < -0.39 is 0 Å². The second-order valence-corrected chi connectivity index (χ2v) is 3.09. The van der Waals surface area contributed by atoms with Gasteiger partial charge in [-0.1, -0.05) is 18.2 Å². The average Bonchev–Trinajstić information content (AvgIpc) is 2.30. The molecule has 1 atom stereocenters. The molecule has 0 bridgehead atoms. The van der Waals surface area contributed by atoms with Crippen LogP contribution in [-0.4, -0.2) is 6.04 Å². The van der Waals surface area contributed by atoms with Gasteiger partial charge in [-0.25, -0.2) is 5.84 Å². The molecule has 1 unspecified atom stereocenters. The molecular weight excluding hydrogens is 172 g/mol. The summed E-state index contributed by atoms with van der Waals surface area (Å²) in [7, 11) is 0. The van der Waals surface area contributed by atoms with Crippen molar-refractivity contribution < 1.29 is 0 Å². The first kappa shape index (κ1) is 9.36. The number of hydrogen-bond donors (Lipinski definition) is 1. The Labute approximate surface area is 78.7 Å². The van der Waals surface area contributed by atoms with Gasteiger partial charge in [-0.3, -0.25) is 0 Å². The maximum Gasteiger partial charge on any atom is 0.0553 e. The number of halogens is 1. The zero-order valence-electron chi connectivity index (χ0n) is 7.03. The molecule has 2 N–H and O–H groups in total. The molecule has 0 fully saturated rings. The minimum atomic E-state index is 0. The van der Waals surface area contributed by atoms with Crippen molar-refractivity contribution in [2.75, 3.05) is 5.01 Å². The topological polar surface area (TPSA) is 29.3 Å². The minimum Gasteiger partial charge on any atom is -0.308 e. The third kappa shape index (κ3) is 1.28. The summed E-state index contributed by atoms with van der Waals surface area (Å²) in [6, 6.07) is 8.74. The van der Waals surface area contributed by atoms with Crippen LogP contribution >= 0.6 is 12.4 Å². The molecule has 0 aliphatic carbocycles. The van der Waals surface area contributed by atoms with Crippen molar-refractivity contribution in [3.8, 4) is 0 Å². The predicted octanol–water partition coefficient (Wildman–Crippen LogP) is 1.73. The maximum absolute atomic E-state index is 5.82. The van der Waals surface area contributed by atoms with E-state index in [-0.39, 0.29) is 12.4 Å². The van der Waals surface area contributed by atoms with E-state index in [1.54, 1.807) is 0 Å². The zero-order chi connectivity index (χ0) is 7.84. The van der Waals surface area contributed by atoms with E-state index in [0.717, 1.165) is 6.42 Å². The van der Waals surface area contributed by atoms with Crippen molar-refractivity contribution >= 4 is 18.1 Å². The van der Waals surface area contributed by atoms with Crippen LogP contribution in [0.5, 0.6) is 0 Å². The summed E-state index contributed by atoms with van der Waals surface area (Å²) >= 11 is 0. The molecule has 2 rings (SSSR count). The van der Waals surface area contributed by atoms with Gasteiger partial charge >= 0.3 is 0 Å². The third-order valence-electron chi connectivity index (χ3n) is 2.26. The Morgan fingerprint density at radius 3 is 2.75 bits per heavy atom. The highest BCUT2D eigenvalue weighted by molar-refractivity contribution is 5.85. The molecule has 66 valence electrons. The lowest BCUT2D eigenvalue weighted by atomic mass is 10.1. The Morgan fingerprint density at radius 2 is 2.08 bits per heavy atom. The second-order valence-electron chi connectivity index (χ2n) is 3.09. The minimum absolute atomic E-state index is 0. The lowest BCUT2D eigenvalue weighted by Crippen LogP contribution is -2.35. The van der Waals surface area contributed by atoms with Crippen molar-refractivity contribution in [2.24, 2.45) is 5.84 Å². The van der Waals surface area contributed by atoms with Crippen LogP contribution in [0.3, 0.4) is 0 Å². The molecule has 0 spiro atoms. The number of benzene rings is 1. The Hall–Kier alpha value is -0.730. The van der Waals surface area contributed by atoms with Crippen LogP contribution in [0.1, 0.15) is 12.5 Å². The molecule has 1 aliphatic rings. The van der Waals surface area contributed by atoms with Crippen molar-refractivity contribution in [2.45, 2.75) is 19.4 Å². The number of nitrogens with zero attached hydrogens (tertiary/aromatic N) is 1. The standard InChI is InChI=1S/C9H12N2.ClH/c1-7-6-8-4-2-3-5-9(8)11(7)10;/h2-5,7H,6,10H2,1H3;1H. The van der Waals surface area contributed by atoms with E-state index >= 15 is 0 Å². The highest BCUT2D eigenvalue weighted by Gasteiger charge is 2.21. The van der Waals surface area contributed by atoms with E-state index in [4.69, 9.17) is 5.84 Å². The van der Waals surface area contributed by atoms with Gasteiger partial charge in [0.05, 0.1) is 5.69 Å². The average molecular weight is 185 g/mol. The molecule has 1 aromatic carbocycles. The molecule has 1 heterocycles. The summed E-state index contributed by atoms with van der Waals surface area (Å²) in [5.74, 6) is 5.82. The molecule has 0 amide bonds. The number of nitrogens with two attached hydrogens (primary N) is 1. The number of anilines is 1. The highest BCUT2D eigenvalue weighted by atomic mass is 35.5. The second kappa shape index (κ2) is 3.33. The van der Waals surface area contributed by atoms with Crippen LogP contribution < -0.4 is 10.9 Å². The van der Waals surface area contributed by atoms with Gasteiger partial charge in [0.2, 0.25) is 0 Å². The van der Waals surface area contributed by atoms with Crippen molar-refractivity contribution in [1.82, 2.24) is 0 Å². The van der Waals surface area contributed by atoms with Gasteiger partial charge in [0.1, 0.15) is 0 Å². The summed E-state index contributed by atoms with van der Waals surface area (Å²) in [5, 5.41) is 1.84. The van der Waals surface area contributed by atoms with Crippen LogP contribution in [-0.2, 0) is 6.42 Å². The number of rotatable bonds is 0. The third-order valence-corrected chi connectivity index (χ3v) is 2.26. The first-order valence-electron chi connectivity index (χ1n) is 3.91. The van der Waals surface area contributed by atoms with Gasteiger partial charge in [-0.05, 0) is 25.0 Å². The monoisotopic (exact) mass is 184 g/mol. The summed E-state index contributed by atoms with van der Waals surface area (Å²) in [5.41, 5.74) is 2.54. The normalized spacial score (nSPS) is 20.2. The molecule has 0 radical (unpaired) electrons. The summed E-state index contributed by atoms with van der Waals surface area (Å²) in [6.07, 6.45) is 1.08. The largest absolute Gasteiger partial charge is 0.308 e.